The number of ether oxygens (including phenoxy) is 3. The molecule has 0 bridgehead atoms. The SMILES string of the molecule is COc1ccc2c(c1O)c(-c1ccccc1)[n+](C)c1c3cc4c(cc3ccc21)OCO4. The van der Waals surface area contributed by atoms with Gasteiger partial charge in [0.2, 0.25) is 18.0 Å². The molecule has 4 aromatic carbocycles. The monoisotopic (exact) mass is 410 g/mol. The smallest absolute Gasteiger partial charge is 0.231 e. The van der Waals surface area contributed by atoms with Gasteiger partial charge in [-0.15, -0.1) is 0 Å². The van der Waals surface area contributed by atoms with E-state index in [0.29, 0.717) is 5.75 Å². The van der Waals surface area contributed by atoms with E-state index < -0.39 is 0 Å². The van der Waals surface area contributed by atoms with Crippen LogP contribution in [0.5, 0.6) is 23.0 Å². The number of hydrogen-bond donors (Lipinski definition) is 1. The topological polar surface area (TPSA) is 51.8 Å². The second kappa shape index (κ2) is 6.51. The van der Waals surface area contributed by atoms with E-state index in [1.807, 2.05) is 49.5 Å². The molecule has 6 rings (SSSR count). The highest BCUT2D eigenvalue weighted by molar-refractivity contribution is 6.18. The van der Waals surface area contributed by atoms with Gasteiger partial charge >= 0.3 is 0 Å². The zero-order valence-electron chi connectivity index (χ0n) is 17.2. The highest BCUT2D eigenvalue weighted by Gasteiger charge is 2.27. The molecule has 5 heteroatoms. The number of phenolic OH excluding ortho intramolecular Hbond substituents is 1. The van der Waals surface area contributed by atoms with Gasteiger partial charge in [0.15, 0.2) is 23.0 Å². The van der Waals surface area contributed by atoms with Gasteiger partial charge in [-0.25, -0.2) is 0 Å². The molecule has 1 N–H and O–H groups in total. The average Bonchev–Trinajstić information content (AvgIpc) is 3.26. The summed E-state index contributed by atoms with van der Waals surface area (Å²) in [5.74, 6) is 2.11. The van der Waals surface area contributed by atoms with Crippen molar-refractivity contribution < 1.29 is 23.9 Å². The summed E-state index contributed by atoms with van der Waals surface area (Å²) in [5, 5.41) is 16.1. The lowest BCUT2D eigenvalue weighted by atomic mass is 9.95. The standard InChI is InChI=1S/C26H19NO4/c1-27-24(15-6-4-3-5-7-15)23-17(10-11-20(29-2)26(23)28)18-9-8-16-12-21-22(31-14-30-21)13-19(16)25(18)27/h3-13H,14H2,1-2H3/p+1. The predicted octanol–water partition coefficient (Wildman–Crippen LogP) is 5.08. The zero-order valence-corrected chi connectivity index (χ0v) is 17.2. The van der Waals surface area contributed by atoms with Crippen molar-refractivity contribution in [3.8, 4) is 34.3 Å². The van der Waals surface area contributed by atoms with E-state index in [-0.39, 0.29) is 12.5 Å². The first kappa shape index (κ1) is 17.8. The molecule has 1 aromatic heterocycles. The number of aromatic hydroxyl groups is 1. The highest BCUT2D eigenvalue weighted by atomic mass is 16.7. The summed E-state index contributed by atoms with van der Waals surface area (Å²) in [6, 6.07) is 22.2. The summed E-state index contributed by atoms with van der Waals surface area (Å²) in [6.07, 6.45) is 0. The first-order valence-electron chi connectivity index (χ1n) is 10.1. The summed E-state index contributed by atoms with van der Waals surface area (Å²) in [7, 11) is 3.60. The van der Waals surface area contributed by atoms with Crippen molar-refractivity contribution in [2.24, 2.45) is 7.05 Å². The second-order valence-electron chi connectivity index (χ2n) is 7.70. The third kappa shape index (κ3) is 2.46. The fraction of sp³-hybridized carbons (Fsp3) is 0.115. The zero-order chi connectivity index (χ0) is 21.1. The van der Waals surface area contributed by atoms with Crippen LogP contribution in [0.4, 0.5) is 0 Å². The van der Waals surface area contributed by atoms with Gasteiger partial charge in [0.05, 0.1) is 17.9 Å². The van der Waals surface area contributed by atoms with Crippen molar-refractivity contribution in [1.29, 1.82) is 0 Å². The third-order valence-corrected chi connectivity index (χ3v) is 6.09. The molecule has 0 amide bonds. The van der Waals surface area contributed by atoms with E-state index in [4.69, 9.17) is 14.2 Å². The fourth-order valence-electron chi connectivity index (χ4n) is 4.69. The molecule has 0 saturated carbocycles. The lowest BCUT2D eigenvalue weighted by molar-refractivity contribution is -0.631. The normalized spacial score (nSPS) is 12.7. The first-order valence-corrected chi connectivity index (χ1v) is 10.1. The van der Waals surface area contributed by atoms with Crippen molar-refractivity contribution in [1.82, 2.24) is 0 Å². The molecular weight excluding hydrogens is 390 g/mol. The minimum Gasteiger partial charge on any atom is -0.504 e. The molecule has 1 aliphatic heterocycles. The maximum absolute atomic E-state index is 11.1. The summed E-state index contributed by atoms with van der Waals surface area (Å²) in [4.78, 5) is 0. The maximum Gasteiger partial charge on any atom is 0.231 e. The van der Waals surface area contributed by atoms with Crippen LogP contribution < -0.4 is 18.8 Å². The van der Waals surface area contributed by atoms with E-state index in [0.717, 1.165) is 55.2 Å². The van der Waals surface area contributed by atoms with Crippen LogP contribution in [-0.4, -0.2) is 19.0 Å². The molecule has 0 spiro atoms. The van der Waals surface area contributed by atoms with Gasteiger partial charge in [0.1, 0.15) is 12.4 Å². The van der Waals surface area contributed by atoms with E-state index in [2.05, 4.69) is 28.8 Å². The van der Waals surface area contributed by atoms with Gasteiger partial charge < -0.3 is 19.3 Å². The minimum atomic E-state index is 0.141. The van der Waals surface area contributed by atoms with E-state index >= 15 is 0 Å². The molecule has 0 atom stereocenters. The summed E-state index contributed by atoms with van der Waals surface area (Å²) >= 11 is 0. The van der Waals surface area contributed by atoms with Gasteiger partial charge in [-0.05, 0) is 47.9 Å². The Balaban J connectivity index is 1.86. The van der Waals surface area contributed by atoms with Gasteiger partial charge in [0.25, 0.3) is 0 Å². The molecule has 1 aliphatic rings. The Labute approximate surface area is 178 Å². The van der Waals surface area contributed by atoms with E-state index in [1.165, 1.54) is 0 Å². The summed E-state index contributed by atoms with van der Waals surface area (Å²) in [5.41, 5.74) is 2.99. The molecule has 5 aromatic rings. The molecule has 0 fully saturated rings. The number of aromatic nitrogens is 1. The lowest BCUT2D eigenvalue weighted by Gasteiger charge is -2.14. The van der Waals surface area contributed by atoms with E-state index in [9.17, 15) is 5.11 Å². The van der Waals surface area contributed by atoms with Crippen LogP contribution in [0.1, 0.15) is 0 Å². The lowest BCUT2D eigenvalue weighted by Crippen LogP contribution is -2.32. The molecule has 2 heterocycles. The van der Waals surface area contributed by atoms with Gasteiger partial charge in [-0.1, -0.05) is 24.3 Å². The number of aryl methyl sites for hydroxylation is 1. The predicted molar refractivity (Wildman–Crippen MR) is 120 cm³/mol. The minimum absolute atomic E-state index is 0.141. The Morgan fingerprint density at radius 3 is 2.39 bits per heavy atom. The number of phenols is 1. The molecule has 0 unspecified atom stereocenters. The molecule has 31 heavy (non-hydrogen) atoms. The van der Waals surface area contributed by atoms with Crippen LogP contribution in [0, 0.1) is 0 Å². The van der Waals surface area contributed by atoms with Crippen molar-refractivity contribution in [3.63, 3.8) is 0 Å². The van der Waals surface area contributed by atoms with Crippen molar-refractivity contribution in [2.45, 2.75) is 0 Å². The van der Waals surface area contributed by atoms with Gasteiger partial charge in [0, 0.05) is 10.9 Å². The molecule has 0 radical (unpaired) electrons. The molecule has 0 aliphatic carbocycles. The highest BCUT2D eigenvalue weighted by Crippen LogP contribution is 2.44. The molecule has 5 nitrogen and oxygen atoms in total. The van der Waals surface area contributed by atoms with Crippen LogP contribution >= 0.6 is 0 Å². The number of benzene rings is 4. The van der Waals surface area contributed by atoms with Crippen LogP contribution in [0.25, 0.3) is 43.7 Å². The van der Waals surface area contributed by atoms with Crippen LogP contribution in [0.3, 0.4) is 0 Å². The quantitative estimate of drug-likeness (QED) is 0.326. The Bertz CT molecular complexity index is 1510. The number of nitrogens with zero attached hydrogens (tertiary/aromatic N) is 1. The van der Waals surface area contributed by atoms with Crippen molar-refractivity contribution >= 4 is 32.4 Å². The summed E-state index contributed by atoms with van der Waals surface area (Å²) in [6.45, 7) is 0.238. The van der Waals surface area contributed by atoms with Gasteiger partial charge in [-0.3, -0.25) is 0 Å². The third-order valence-electron chi connectivity index (χ3n) is 6.09. The van der Waals surface area contributed by atoms with Crippen LogP contribution in [-0.2, 0) is 7.05 Å². The molecule has 0 saturated heterocycles. The van der Waals surface area contributed by atoms with Crippen LogP contribution in [0.15, 0.2) is 66.7 Å². The average molecular weight is 410 g/mol. The van der Waals surface area contributed by atoms with Gasteiger partial charge in [-0.2, -0.15) is 4.57 Å². The fourth-order valence-corrected chi connectivity index (χ4v) is 4.69. The number of methoxy groups -OCH3 is 1. The second-order valence-corrected chi connectivity index (χ2v) is 7.70. The van der Waals surface area contributed by atoms with Crippen molar-refractivity contribution in [2.75, 3.05) is 13.9 Å². The Morgan fingerprint density at radius 1 is 0.871 bits per heavy atom. The summed E-state index contributed by atoms with van der Waals surface area (Å²) < 4.78 is 18.8. The Hall–Kier alpha value is -3.99. The number of rotatable bonds is 2. The first-order chi connectivity index (χ1) is 15.2. The Morgan fingerprint density at radius 2 is 1.61 bits per heavy atom. The van der Waals surface area contributed by atoms with Crippen molar-refractivity contribution in [3.05, 3.63) is 66.7 Å². The largest absolute Gasteiger partial charge is 0.504 e. The van der Waals surface area contributed by atoms with Crippen LogP contribution in [0.2, 0.25) is 0 Å². The number of hydrogen-bond acceptors (Lipinski definition) is 4. The van der Waals surface area contributed by atoms with E-state index in [1.54, 1.807) is 7.11 Å². The number of pyridine rings is 1. The molecule has 152 valence electrons. The maximum atomic E-state index is 11.1. The number of fused-ring (bicyclic) bond motifs is 6. The molecular formula is C26H20NO4+. The Kier molecular flexibility index (Phi) is 3.74.